The summed E-state index contributed by atoms with van der Waals surface area (Å²) in [5.74, 6) is 0.918. The Balaban J connectivity index is 2.47. The van der Waals surface area contributed by atoms with Gasteiger partial charge in [0.2, 0.25) is 0 Å². The summed E-state index contributed by atoms with van der Waals surface area (Å²) in [5.41, 5.74) is 1.10. The van der Waals surface area contributed by atoms with E-state index in [-0.39, 0.29) is 12.5 Å². The molecule has 0 heterocycles. The maximum absolute atomic E-state index is 9.50. The van der Waals surface area contributed by atoms with Gasteiger partial charge in [-0.2, -0.15) is 0 Å². The van der Waals surface area contributed by atoms with Crippen LogP contribution in [0.2, 0.25) is 14.8 Å². The van der Waals surface area contributed by atoms with Crippen molar-refractivity contribution in [1.82, 2.24) is 0 Å². The second-order valence-corrected chi connectivity index (χ2v) is 20.7. The first-order valence-electron chi connectivity index (χ1n) is 6.89. The molecule has 0 fully saturated rings. The molecule has 0 aromatic heterocycles. The third-order valence-electron chi connectivity index (χ3n) is 3.42. The average Bonchev–Trinajstić information content (AvgIpc) is 2.42. The molecule has 0 saturated carbocycles. The molecule has 0 unspecified atom stereocenters. The molecule has 0 bridgehead atoms. The maximum atomic E-state index is 9.50. The van der Waals surface area contributed by atoms with E-state index in [9.17, 15) is 5.11 Å². The molecule has 0 spiro atoms. The SMILES string of the molecule is C=[C]([C@H](CO)COCc1ccc(OC)cc1)[Sn]([CH3])([CH3])[CH3]. The van der Waals surface area contributed by atoms with Gasteiger partial charge in [0.1, 0.15) is 0 Å². The first kappa shape index (κ1) is 17.5. The van der Waals surface area contributed by atoms with Crippen LogP contribution in [0, 0.1) is 5.92 Å². The first-order chi connectivity index (χ1) is 9.38. The van der Waals surface area contributed by atoms with Crippen molar-refractivity contribution < 1.29 is 14.6 Å². The van der Waals surface area contributed by atoms with E-state index in [4.69, 9.17) is 9.47 Å². The van der Waals surface area contributed by atoms with Crippen LogP contribution in [0.1, 0.15) is 5.56 Å². The van der Waals surface area contributed by atoms with Gasteiger partial charge < -0.3 is 0 Å². The topological polar surface area (TPSA) is 38.7 Å². The van der Waals surface area contributed by atoms with Gasteiger partial charge in [-0.05, 0) is 0 Å². The molecule has 0 aliphatic carbocycles. The Labute approximate surface area is 126 Å². The van der Waals surface area contributed by atoms with Crippen molar-refractivity contribution >= 4 is 18.4 Å². The fourth-order valence-corrected chi connectivity index (χ4v) is 5.91. The Morgan fingerprint density at radius 1 is 1.25 bits per heavy atom. The van der Waals surface area contributed by atoms with Gasteiger partial charge >= 0.3 is 126 Å². The summed E-state index contributed by atoms with van der Waals surface area (Å²) in [6.45, 7) is 5.39. The molecule has 20 heavy (non-hydrogen) atoms. The Morgan fingerprint density at radius 3 is 2.30 bits per heavy atom. The summed E-state index contributed by atoms with van der Waals surface area (Å²) < 4.78 is 12.1. The van der Waals surface area contributed by atoms with Gasteiger partial charge in [0.25, 0.3) is 0 Å². The zero-order valence-electron chi connectivity index (χ0n) is 13.0. The minimum atomic E-state index is -2.16. The molecule has 1 N–H and O–H groups in total. The third-order valence-corrected chi connectivity index (χ3v) is 10.1. The zero-order valence-corrected chi connectivity index (χ0v) is 15.8. The molecule has 1 aromatic carbocycles. The fraction of sp³-hybridized carbons (Fsp3) is 0.500. The van der Waals surface area contributed by atoms with Crippen molar-refractivity contribution in [3.05, 3.63) is 40.0 Å². The van der Waals surface area contributed by atoms with E-state index in [0.29, 0.717) is 13.2 Å². The van der Waals surface area contributed by atoms with Crippen LogP contribution < -0.4 is 4.74 Å². The zero-order chi connectivity index (χ0) is 15.2. The number of aliphatic hydroxyl groups excluding tert-OH is 1. The number of benzene rings is 1. The van der Waals surface area contributed by atoms with E-state index in [1.165, 1.54) is 3.59 Å². The molecule has 1 aromatic rings. The molecule has 1 rings (SSSR count). The second-order valence-electron chi connectivity index (χ2n) is 6.02. The number of hydrogen-bond acceptors (Lipinski definition) is 3. The quantitative estimate of drug-likeness (QED) is 0.699. The van der Waals surface area contributed by atoms with Gasteiger partial charge in [0, 0.05) is 0 Å². The summed E-state index contributed by atoms with van der Waals surface area (Å²) in [4.78, 5) is 6.93. The van der Waals surface area contributed by atoms with Crippen molar-refractivity contribution in [1.29, 1.82) is 0 Å². The number of hydrogen-bond donors (Lipinski definition) is 1. The standard InChI is InChI=1S/C13H17O3.3CH3.Sn/c1-3-11(8-14)9-16-10-12-4-6-13(15-2)7-5-12;;;;/h4-7,11,14H,1,8-10H2,2H3;3*1H3;/t11-;;;;/m1..../s1. The molecule has 1 atom stereocenters. The van der Waals surface area contributed by atoms with Gasteiger partial charge in [-0.15, -0.1) is 0 Å². The number of aliphatic hydroxyl groups is 1. The minimum absolute atomic E-state index is 0.0732. The number of rotatable bonds is 8. The van der Waals surface area contributed by atoms with E-state index in [1.54, 1.807) is 7.11 Å². The second kappa shape index (κ2) is 8.05. The van der Waals surface area contributed by atoms with E-state index < -0.39 is 18.4 Å². The molecule has 3 nitrogen and oxygen atoms in total. The van der Waals surface area contributed by atoms with E-state index in [0.717, 1.165) is 11.3 Å². The van der Waals surface area contributed by atoms with Crippen molar-refractivity contribution in [3.8, 4) is 5.75 Å². The van der Waals surface area contributed by atoms with Gasteiger partial charge in [0.05, 0.1) is 0 Å². The molecular formula is C16H26O3Sn. The van der Waals surface area contributed by atoms with Gasteiger partial charge in [0.15, 0.2) is 0 Å². The summed E-state index contributed by atoms with van der Waals surface area (Å²) >= 11 is -2.16. The van der Waals surface area contributed by atoms with Crippen molar-refractivity contribution in [3.63, 3.8) is 0 Å². The van der Waals surface area contributed by atoms with Crippen LogP contribution in [0.15, 0.2) is 34.4 Å². The van der Waals surface area contributed by atoms with Crippen molar-refractivity contribution in [2.45, 2.75) is 21.4 Å². The van der Waals surface area contributed by atoms with Crippen molar-refractivity contribution in [2.24, 2.45) is 5.92 Å². The van der Waals surface area contributed by atoms with E-state index in [2.05, 4.69) is 21.4 Å². The molecule has 0 aliphatic heterocycles. The van der Waals surface area contributed by atoms with Gasteiger partial charge in [-0.3, -0.25) is 0 Å². The van der Waals surface area contributed by atoms with Crippen LogP contribution in [0.3, 0.4) is 0 Å². The molecule has 0 aliphatic rings. The molecule has 0 amide bonds. The molecule has 4 heteroatoms. The monoisotopic (exact) mass is 386 g/mol. The first-order valence-corrected chi connectivity index (χ1v) is 16.9. The molecule has 0 saturated heterocycles. The van der Waals surface area contributed by atoms with Crippen LogP contribution in [-0.2, 0) is 11.3 Å². The van der Waals surface area contributed by atoms with Crippen LogP contribution in [0.25, 0.3) is 0 Å². The van der Waals surface area contributed by atoms with Gasteiger partial charge in [-0.25, -0.2) is 0 Å². The average molecular weight is 385 g/mol. The summed E-state index contributed by atoms with van der Waals surface area (Å²) in [5, 5.41) is 9.50. The van der Waals surface area contributed by atoms with Crippen molar-refractivity contribution in [2.75, 3.05) is 20.3 Å². The summed E-state index contributed by atoms with van der Waals surface area (Å²) in [7, 11) is 1.65. The fourth-order valence-electron chi connectivity index (χ4n) is 1.92. The van der Waals surface area contributed by atoms with E-state index >= 15 is 0 Å². The summed E-state index contributed by atoms with van der Waals surface area (Å²) in [6, 6.07) is 7.83. The Hall–Kier alpha value is -0.521. The Kier molecular flexibility index (Phi) is 7.06. The Bertz CT molecular complexity index is 420. The molecule has 0 radical (unpaired) electrons. The molecule has 112 valence electrons. The summed E-state index contributed by atoms with van der Waals surface area (Å²) in [6.07, 6.45) is 0. The third kappa shape index (κ3) is 5.46. The Morgan fingerprint density at radius 2 is 1.85 bits per heavy atom. The van der Waals surface area contributed by atoms with Crippen LogP contribution in [0.4, 0.5) is 0 Å². The number of methoxy groups -OCH3 is 1. The van der Waals surface area contributed by atoms with Crippen LogP contribution >= 0.6 is 0 Å². The predicted octanol–water partition coefficient (Wildman–Crippen LogP) is 3.25. The molecular weight excluding hydrogens is 359 g/mol. The van der Waals surface area contributed by atoms with E-state index in [1.807, 2.05) is 24.3 Å². The number of ether oxygens (including phenoxy) is 2. The van der Waals surface area contributed by atoms with Gasteiger partial charge in [-0.1, -0.05) is 0 Å². The van der Waals surface area contributed by atoms with Crippen LogP contribution in [-0.4, -0.2) is 43.8 Å². The predicted molar refractivity (Wildman–Crippen MR) is 85.7 cm³/mol. The van der Waals surface area contributed by atoms with Crippen LogP contribution in [0.5, 0.6) is 5.75 Å². The normalized spacial score (nSPS) is 13.1.